The lowest BCUT2D eigenvalue weighted by atomic mass is 10.2. The van der Waals surface area contributed by atoms with Crippen LogP contribution >= 0.6 is 11.3 Å². The van der Waals surface area contributed by atoms with Crippen LogP contribution in [0, 0.1) is 13.8 Å². The van der Waals surface area contributed by atoms with E-state index in [2.05, 4.69) is 10.3 Å². The van der Waals surface area contributed by atoms with Crippen molar-refractivity contribution < 1.29 is 19.1 Å². The third-order valence-corrected chi connectivity index (χ3v) is 4.62. The maximum atomic E-state index is 12.2. The Bertz CT molecular complexity index is 967. The van der Waals surface area contributed by atoms with Crippen LogP contribution in [0.15, 0.2) is 53.9 Å². The van der Waals surface area contributed by atoms with Crippen molar-refractivity contribution in [2.24, 2.45) is 0 Å². The van der Waals surface area contributed by atoms with Gasteiger partial charge in [-0.15, -0.1) is 11.3 Å². The number of esters is 1. The lowest BCUT2D eigenvalue weighted by Gasteiger charge is -2.08. The number of hydrogen-bond acceptors (Lipinski definition) is 6. The van der Waals surface area contributed by atoms with Crippen molar-refractivity contribution in [1.29, 1.82) is 0 Å². The number of ether oxygens (including phenoxy) is 2. The standard InChI is InChI=1S/C21H20N2O4S/c1-14-6-8-17(9-7-14)23-20(24)12-27-21(25)16-4-3-5-19(10-16)26-11-18-13-28-15(2)22-18/h3-10,13H,11-12H2,1-2H3,(H,23,24). The molecule has 0 aliphatic rings. The van der Waals surface area contributed by atoms with Gasteiger partial charge in [-0.05, 0) is 44.2 Å². The van der Waals surface area contributed by atoms with E-state index in [1.165, 1.54) is 0 Å². The number of benzene rings is 2. The zero-order valence-corrected chi connectivity index (χ0v) is 16.4. The van der Waals surface area contributed by atoms with Crippen molar-refractivity contribution in [2.45, 2.75) is 20.5 Å². The Labute approximate surface area is 167 Å². The van der Waals surface area contributed by atoms with Crippen molar-refractivity contribution in [3.8, 4) is 5.75 Å². The molecule has 0 aliphatic heterocycles. The van der Waals surface area contributed by atoms with E-state index >= 15 is 0 Å². The van der Waals surface area contributed by atoms with E-state index in [0.29, 0.717) is 23.6 Å². The van der Waals surface area contributed by atoms with E-state index in [9.17, 15) is 9.59 Å². The summed E-state index contributed by atoms with van der Waals surface area (Å²) < 4.78 is 10.8. The molecule has 2 aromatic carbocycles. The summed E-state index contributed by atoms with van der Waals surface area (Å²) in [5.41, 5.74) is 2.90. The van der Waals surface area contributed by atoms with Crippen LogP contribution in [-0.4, -0.2) is 23.5 Å². The fraction of sp³-hybridized carbons (Fsp3) is 0.190. The number of thiazole rings is 1. The number of amides is 1. The summed E-state index contributed by atoms with van der Waals surface area (Å²) in [7, 11) is 0. The third kappa shape index (κ3) is 5.65. The zero-order valence-electron chi connectivity index (χ0n) is 15.6. The van der Waals surface area contributed by atoms with E-state index in [4.69, 9.17) is 9.47 Å². The van der Waals surface area contributed by atoms with Crippen LogP contribution < -0.4 is 10.1 Å². The van der Waals surface area contributed by atoms with Gasteiger partial charge in [0.05, 0.1) is 16.3 Å². The zero-order chi connectivity index (χ0) is 19.9. The van der Waals surface area contributed by atoms with E-state index in [0.717, 1.165) is 16.3 Å². The predicted octanol–water partition coefficient (Wildman–Crippen LogP) is 4.13. The molecule has 0 atom stereocenters. The molecular weight excluding hydrogens is 376 g/mol. The van der Waals surface area contributed by atoms with E-state index in [1.54, 1.807) is 47.7 Å². The molecule has 6 nitrogen and oxygen atoms in total. The smallest absolute Gasteiger partial charge is 0.338 e. The van der Waals surface area contributed by atoms with Gasteiger partial charge in [-0.25, -0.2) is 9.78 Å². The highest BCUT2D eigenvalue weighted by molar-refractivity contribution is 7.09. The molecule has 0 saturated heterocycles. The third-order valence-electron chi connectivity index (χ3n) is 3.79. The molecule has 0 radical (unpaired) electrons. The molecule has 3 aromatic rings. The lowest BCUT2D eigenvalue weighted by Crippen LogP contribution is -2.20. The fourth-order valence-corrected chi connectivity index (χ4v) is 2.99. The summed E-state index contributed by atoms with van der Waals surface area (Å²) in [6, 6.07) is 14.0. The van der Waals surface area contributed by atoms with Crippen molar-refractivity contribution in [2.75, 3.05) is 11.9 Å². The van der Waals surface area contributed by atoms with Crippen LogP contribution in [0.3, 0.4) is 0 Å². The molecule has 1 heterocycles. The molecule has 0 spiro atoms. The molecule has 0 bridgehead atoms. The first-order chi connectivity index (χ1) is 13.5. The van der Waals surface area contributed by atoms with Crippen LogP contribution in [0.25, 0.3) is 0 Å². The first kappa shape index (κ1) is 19.6. The molecule has 144 valence electrons. The molecule has 7 heteroatoms. The van der Waals surface area contributed by atoms with Crippen LogP contribution in [0.2, 0.25) is 0 Å². The van der Waals surface area contributed by atoms with Gasteiger partial charge in [0, 0.05) is 11.1 Å². The minimum atomic E-state index is -0.589. The van der Waals surface area contributed by atoms with Crippen molar-refractivity contribution in [3.63, 3.8) is 0 Å². The average molecular weight is 396 g/mol. The van der Waals surface area contributed by atoms with E-state index in [-0.39, 0.29) is 6.61 Å². The van der Waals surface area contributed by atoms with Gasteiger partial charge in [0.1, 0.15) is 12.4 Å². The maximum absolute atomic E-state index is 12.2. The number of carbonyl (C=O) groups excluding carboxylic acids is 2. The van der Waals surface area contributed by atoms with Crippen LogP contribution in [0.1, 0.15) is 26.6 Å². The van der Waals surface area contributed by atoms with E-state index in [1.807, 2.05) is 31.4 Å². The molecule has 1 aromatic heterocycles. The molecular formula is C21H20N2O4S. The monoisotopic (exact) mass is 396 g/mol. The second-order valence-corrected chi connectivity index (χ2v) is 7.23. The number of anilines is 1. The molecule has 1 N–H and O–H groups in total. The number of nitrogens with one attached hydrogen (secondary N) is 1. The number of hydrogen-bond donors (Lipinski definition) is 1. The van der Waals surface area contributed by atoms with Crippen molar-refractivity contribution in [1.82, 2.24) is 4.98 Å². The summed E-state index contributed by atoms with van der Waals surface area (Å²) in [5, 5.41) is 5.58. The Morgan fingerprint density at radius 3 is 2.61 bits per heavy atom. The van der Waals surface area contributed by atoms with Crippen molar-refractivity contribution in [3.05, 3.63) is 75.7 Å². The number of aromatic nitrogens is 1. The SMILES string of the molecule is Cc1ccc(NC(=O)COC(=O)c2cccc(OCc3csc(C)n3)c2)cc1. The molecule has 0 fully saturated rings. The first-order valence-corrected chi connectivity index (χ1v) is 9.55. The normalized spacial score (nSPS) is 10.4. The number of aryl methyl sites for hydroxylation is 2. The summed E-state index contributed by atoms with van der Waals surface area (Å²) in [6.07, 6.45) is 0. The van der Waals surface area contributed by atoms with Gasteiger partial charge in [-0.1, -0.05) is 23.8 Å². The van der Waals surface area contributed by atoms with Gasteiger partial charge >= 0.3 is 5.97 Å². The number of nitrogens with zero attached hydrogens (tertiary/aromatic N) is 1. The van der Waals surface area contributed by atoms with Gasteiger partial charge in [0.15, 0.2) is 6.61 Å². The minimum absolute atomic E-state index is 0.315. The van der Waals surface area contributed by atoms with Gasteiger partial charge in [-0.2, -0.15) is 0 Å². The van der Waals surface area contributed by atoms with Crippen molar-refractivity contribution >= 4 is 28.9 Å². The molecule has 0 unspecified atom stereocenters. The Morgan fingerprint density at radius 1 is 1.11 bits per heavy atom. The molecule has 3 rings (SSSR count). The summed E-state index contributed by atoms with van der Waals surface area (Å²) in [5.74, 6) is -0.457. The average Bonchev–Trinajstić information content (AvgIpc) is 3.12. The van der Waals surface area contributed by atoms with E-state index < -0.39 is 11.9 Å². The molecule has 1 amide bonds. The Hall–Kier alpha value is -3.19. The lowest BCUT2D eigenvalue weighted by molar-refractivity contribution is -0.119. The molecule has 0 saturated carbocycles. The Morgan fingerprint density at radius 2 is 1.89 bits per heavy atom. The second kappa shape index (κ2) is 9.14. The van der Waals surface area contributed by atoms with Gasteiger partial charge < -0.3 is 14.8 Å². The highest BCUT2D eigenvalue weighted by Crippen LogP contribution is 2.17. The quantitative estimate of drug-likeness (QED) is 0.608. The van der Waals surface area contributed by atoms with Gasteiger partial charge in [0.25, 0.3) is 5.91 Å². The van der Waals surface area contributed by atoms with Gasteiger partial charge in [0.2, 0.25) is 0 Å². The summed E-state index contributed by atoms with van der Waals surface area (Å²) in [4.78, 5) is 28.5. The minimum Gasteiger partial charge on any atom is -0.487 e. The van der Waals surface area contributed by atoms with Crippen LogP contribution in [0.5, 0.6) is 5.75 Å². The maximum Gasteiger partial charge on any atom is 0.338 e. The Kier molecular flexibility index (Phi) is 6.39. The van der Waals surface area contributed by atoms with Gasteiger partial charge in [-0.3, -0.25) is 4.79 Å². The second-order valence-electron chi connectivity index (χ2n) is 6.16. The summed E-state index contributed by atoms with van der Waals surface area (Å²) in [6.45, 7) is 3.85. The van der Waals surface area contributed by atoms with Crippen LogP contribution in [-0.2, 0) is 16.1 Å². The molecule has 28 heavy (non-hydrogen) atoms. The molecule has 0 aliphatic carbocycles. The topological polar surface area (TPSA) is 77.5 Å². The largest absolute Gasteiger partial charge is 0.487 e. The van der Waals surface area contributed by atoms with Crippen LogP contribution in [0.4, 0.5) is 5.69 Å². The number of carbonyl (C=O) groups is 2. The highest BCUT2D eigenvalue weighted by Gasteiger charge is 2.12. The first-order valence-electron chi connectivity index (χ1n) is 8.67. The predicted molar refractivity (Wildman–Crippen MR) is 108 cm³/mol. The summed E-state index contributed by atoms with van der Waals surface area (Å²) >= 11 is 1.55. The number of rotatable bonds is 7. The fourth-order valence-electron chi connectivity index (χ4n) is 2.39. The highest BCUT2D eigenvalue weighted by atomic mass is 32.1. The Balaban J connectivity index is 1.50.